The van der Waals surface area contributed by atoms with Crippen LogP contribution < -0.4 is 4.90 Å². The molecule has 0 aliphatic rings. The van der Waals surface area contributed by atoms with Gasteiger partial charge in [-0.3, -0.25) is 4.57 Å². The van der Waals surface area contributed by atoms with Crippen LogP contribution in [0.4, 0.5) is 19.0 Å². The van der Waals surface area contributed by atoms with E-state index in [1.54, 1.807) is 13.0 Å². The van der Waals surface area contributed by atoms with Crippen LogP contribution in [-0.2, 0) is 6.18 Å². The summed E-state index contributed by atoms with van der Waals surface area (Å²) in [6.07, 6.45) is -2.77. The number of fused-ring (bicyclic) bond motifs is 1. The predicted molar refractivity (Wildman–Crippen MR) is 121 cm³/mol. The molecular weight excluding hydrogens is 471 g/mol. The average molecular weight is 498 g/mol. The van der Waals surface area contributed by atoms with Crippen molar-refractivity contribution >= 4 is 32.9 Å². The van der Waals surface area contributed by atoms with Crippen molar-refractivity contribution in [2.24, 2.45) is 0 Å². The van der Waals surface area contributed by atoms with Gasteiger partial charge in [0.1, 0.15) is 5.82 Å². The van der Waals surface area contributed by atoms with E-state index in [9.17, 15) is 13.2 Å². The molecule has 0 radical (unpaired) electrons. The van der Waals surface area contributed by atoms with Gasteiger partial charge in [-0.1, -0.05) is 33.3 Å². The molecule has 31 heavy (non-hydrogen) atoms. The number of aromatic nitrogens is 4. The summed E-state index contributed by atoms with van der Waals surface area (Å²) in [6, 6.07) is 5.37. The van der Waals surface area contributed by atoms with Crippen LogP contribution in [0.2, 0.25) is 0 Å². The number of nitrogens with zero attached hydrogens (tertiary/aromatic N) is 5. The Morgan fingerprint density at radius 2 is 1.84 bits per heavy atom. The van der Waals surface area contributed by atoms with Gasteiger partial charge in [-0.05, 0) is 59.8 Å². The topological polar surface area (TPSA) is 46.8 Å². The van der Waals surface area contributed by atoms with Crippen LogP contribution in [-0.4, -0.2) is 32.6 Å². The zero-order valence-corrected chi connectivity index (χ0v) is 20.0. The standard InChI is InChI=1S/C22H27BrF3N5/c1-6-8-11-30(7-2)19-18-20(28-14(5)27-19)31(21(29-18)22(24,25)26)17-10-9-15(13(3)4)12-16(17)23/h9-10,12-13H,6-8,11H2,1-5H3. The van der Waals surface area contributed by atoms with Crippen molar-refractivity contribution in [3.05, 3.63) is 39.9 Å². The summed E-state index contributed by atoms with van der Waals surface area (Å²) < 4.78 is 43.9. The lowest BCUT2D eigenvalue weighted by Gasteiger charge is -2.22. The average Bonchev–Trinajstić information content (AvgIpc) is 3.07. The summed E-state index contributed by atoms with van der Waals surface area (Å²) in [5.74, 6) is 0.0906. The van der Waals surface area contributed by atoms with E-state index < -0.39 is 12.0 Å². The summed E-state index contributed by atoms with van der Waals surface area (Å²) in [7, 11) is 0. The molecule has 0 aliphatic heterocycles. The van der Waals surface area contributed by atoms with Crippen LogP contribution in [0.15, 0.2) is 22.7 Å². The highest BCUT2D eigenvalue weighted by Gasteiger charge is 2.40. The van der Waals surface area contributed by atoms with E-state index in [0.717, 1.165) is 23.0 Å². The number of aryl methyl sites for hydroxylation is 1. The van der Waals surface area contributed by atoms with E-state index in [4.69, 9.17) is 0 Å². The number of imidazole rings is 1. The predicted octanol–water partition coefficient (Wildman–Crippen LogP) is 6.66. The van der Waals surface area contributed by atoms with Crippen LogP contribution in [0, 0.1) is 6.92 Å². The molecule has 3 aromatic rings. The van der Waals surface area contributed by atoms with E-state index in [1.807, 2.05) is 37.8 Å². The number of rotatable bonds is 7. The first-order valence-corrected chi connectivity index (χ1v) is 11.3. The lowest BCUT2D eigenvalue weighted by Crippen LogP contribution is -2.25. The van der Waals surface area contributed by atoms with Gasteiger partial charge in [0, 0.05) is 17.6 Å². The first-order valence-electron chi connectivity index (χ1n) is 10.5. The normalized spacial score (nSPS) is 12.2. The van der Waals surface area contributed by atoms with Gasteiger partial charge >= 0.3 is 6.18 Å². The third-order valence-corrected chi connectivity index (χ3v) is 5.83. The van der Waals surface area contributed by atoms with E-state index in [0.29, 0.717) is 34.9 Å². The fourth-order valence-corrected chi connectivity index (χ4v) is 4.09. The second-order valence-electron chi connectivity index (χ2n) is 7.83. The van der Waals surface area contributed by atoms with Crippen molar-refractivity contribution in [2.75, 3.05) is 18.0 Å². The Hall–Kier alpha value is -2.16. The fourth-order valence-electron chi connectivity index (χ4n) is 3.51. The van der Waals surface area contributed by atoms with E-state index >= 15 is 0 Å². The molecule has 3 rings (SSSR count). The monoisotopic (exact) mass is 497 g/mol. The van der Waals surface area contributed by atoms with Crippen LogP contribution in [0.1, 0.15) is 63.7 Å². The lowest BCUT2D eigenvalue weighted by molar-refractivity contribution is -0.145. The smallest absolute Gasteiger partial charge is 0.355 e. The molecule has 0 unspecified atom stereocenters. The molecule has 0 atom stereocenters. The van der Waals surface area contributed by atoms with Crippen LogP contribution in [0.5, 0.6) is 0 Å². The van der Waals surface area contributed by atoms with Gasteiger partial charge < -0.3 is 4.90 Å². The molecule has 1 aromatic carbocycles. The quantitative estimate of drug-likeness (QED) is 0.366. The SMILES string of the molecule is CCCCN(CC)c1nc(C)nc2c1nc(C(F)(F)F)n2-c1ccc(C(C)C)cc1Br. The number of unbranched alkanes of at least 4 members (excludes halogenated alkanes) is 1. The minimum absolute atomic E-state index is 0.155. The number of hydrogen-bond donors (Lipinski definition) is 0. The minimum Gasteiger partial charge on any atom is -0.355 e. The molecule has 0 amide bonds. The molecule has 168 valence electrons. The van der Waals surface area contributed by atoms with Gasteiger partial charge in [-0.15, -0.1) is 0 Å². The number of hydrogen-bond acceptors (Lipinski definition) is 4. The Labute approximate surface area is 188 Å². The molecule has 5 nitrogen and oxygen atoms in total. The highest BCUT2D eigenvalue weighted by Crippen LogP contribution is 2.38. The third-order valence-electron chi connectivity index (χ3n) is 5.20. The second-order valence-corrected chi connectivity index (χ2v) is 8.69. The summed E-state index contributed by atoms with van der Waals surface area (Å²) in [4.78, 5) is 14.9. The largest absolute Gasteiger partial charge is 0.450 e. The molecule has 0 spiro atoms. The maximum absolute atomic E-state index is 14.1. The van der Waals surface area contributed by atoms with Crippen molar-refractivity contribution in [1.29, 1.82) is 0 Å². The van der Waals surface area contributed by atoms with Crippen molar-refractivity contribution in [3.63, 3.8) is 0 Å². The zero-order valence-electron chi connectivity index (χ0n) is 18.4. The number of anilines is 1. The summed E-state index contributed by atoms with van der Waals surface area (Å²) in [5, 5.41) is 0. The van der Waals surface area contributed by atoms with Gasteiger partial charge in [-0.25, -0.2) is 15.0 Å². The van der Waals surface area contributed by atoms with Crippen molar-refractivity contribution in [2.45, 2.75) is 59.6 Å². The first kappa shape index (κ1) is 23.5. The lowest BCUT2D eigenvalue weighted by atomic mass is 10.0. The number of halogens is 4. The Bertz CT molecular complexity index is 1080. The summed E-state index contributed by atoms with van der Waals surface area (Å²) in [6.45, 7) is 11.1. The van der Waals surface area contributed by atoms with Crippen LogP contribution in [0.3, 0.4) is 0 Å². The zero-order chi connectivity index (χ0) is 22.9. The molecule has 0 bridgehead atoms. The van der Waals surface area contributed by atoms with E-state index in [2.05, 4.69) is 37.8 Å². The van der Waals surface area contributed by atoms with Crippen LogP contribution >= 0.6 is 15.9 Å². The van der Waals surface area contributed by atoms with E-state index in [-0.39, 0.29) is 17.1 Å². The molecule has 9 heteroatoms. The summed E-state index contributed by atoms with van der Waals surface area (Å²) >= 11 is 3.47. The van der Waals surface area contributed by atoms with Gasteiger partial charge in [-0.2, -0.15) is 13.2 Å². The highest BCUT2D eigenvalue weighted by atomic mass is 79.9. The van der Waals surface area contributed by atoms with E-state index in [1.165, 1.54) is 0 Å². The Kier molecular flexibility index (Phi) is 6.93. The molecule has 0 saturated carbocycles. The minimum atomic E-state index is -4.65. The molecule has 0 N–H and O–H groups in total. The second kappa shape index (κ2) is 9.14. The van der Waals surface area contributed by atoms with Crippen molar-refractivity contribution in [1.82, 2.24) is 19.5 Å². The Morgan fingerprint density at radius 1 is 1.13 bits per heavy atom. The molecule has 2 heterocycles. The molecule has 2 aromatic heterocycles. The Morgan fingerprint density at radius 3 is 2.39 bits per heavy atom. The maximum Gasteiger partial charge on any atom is 0.450 e. The van der Waals surface area contributed by atoms with Gasteiger partial charge in [0.05, 0.1) is 5.69 Å². The maximum atomic E-state index is 14.1. The fraction of sp³-hybridized carbons (Fsp3) is 0.500. The van der Waals surface area contributed by atoms with Crippen molar-refractivity contribution in [3.8, 4) is 5.69 Å². The third kappa shape index (κ3) is 4.71. The van der Waals surface area contributed by atoms with Crippen LogP contribution in [0.25, 0.3) is 16.9 Å². The molecule has 0 saturated heterocycles. The molecular formula is C22H27BrF3N5. The molecule has 0 aliphatic carbocycles. The van der Waals surface area contributed by atoms with Crippen molar-refractivity contribution < 1.29 is 13.2 Å². The number of benzene rings is 1. The van der Waals surface area contributed by atoms with Gasteiger partial charge in [0.15, 0.2) is 17.0 Å². The first-order chi connectivity index (χ1) is 14.6. The molecule has 0 fully saturated rings. The Balaban J connectivity index is 2.33. The van der Waals surface area contributed by atoms with Gasteiger partial charge in [0.25, 0.3) is 0 Å². The summed E-state index contributed by atoms with van der Waals surface area (Å²) in [5.41, 5.74) is 1.69. The highest BCUT2D eigenvalue weighted by molar-refractivity contribution is 9.10. The number of alkyl halides is 3. The van der Waals surface area contributed by atoms with Gasteiger partial charge in [0.2, 0.25) is 5.82 Å².